The summed E-state index contributed by atoms with van der Waals surface area (Å²) < 4.78 is 12.1. The Morgan fingerprint density at radius 2 is 1.74 bits per heavy atom. The molecule has 0 aromatic carbocycles. The second-order valence-corrected chi connectivity index (χ2v) is 6.68. The molecule has 19 heavy (non-hydrogen) atoms. The number of aromatic nitrogens is 2. The monoisotopic (exact) mass is 280 g/mol. The number of hydrogen-bond acceptors (Lipinski definition) is 4. The Bertz CT molecular complexity index is 501. The third-order valence-electron chi connectivity index (χ3n) is 4.32. The van der Waals surface area contributed by atoms with E-state index < -0.39 is 7.12 Å². The standard InChI is InChI=1S/C13H18BClN2O2/c1-12(2)13(3,4)19-14(18-12)9-10(8-5-6-8)16-7-17-11(9)15/h7-8H,5-6H2,1-4H3. The summed E-state index contributed by atoms with van der Waals surface area (Å²) in [7, 11) is -0.478. The van der Waals surface area contributed by atoms with E-state index in [0.29, 0.717) is 11.1 Å². The van der Waals surface area contributed by atoms with Crippen LogP contribution in [0.15, 0.2) is 6.33 Å². The quantitative estimate of drug-likeness (QED) is 0.616. The molecule has 6 heteroatoms. The van der Waals surface area contributed by atoms with Crippen LogP contribution in [-0.4, -0.2) is 28.3 Å². The minimum absolute atomic E-state index is 0.377. The van der Waals surface area contributed by atoms with E-state index in [4.69, 9.17) is 20.9 Å². The van der Waals surface area contributed by atoms with E-state index >= 15 is 0 Å². The number of halogens is 1. The highest BCUT2D eigenvalue weighted by Crippen LogP contribution is 2.41. The predicted molar refractivity (Wildman–Crippen MR) is 74.7 cm³/mol. The molecule has 4 nitrogen and oxygen atoms in total. The molecule has 0 radical (unpaired) electrons. The number of nitrogens with zero attached hydrogens (tertiary/aromatic N) is 2. The Labute approximate surface area is 119 Å². The lowest BCUT2D eigenvalue weighted by Gasteiger charge is -2.32. The van der Waals surface area contributed by atoms with Gasteiger partial charge in [0.1, 0.15) is 11.5 Å². The third-order valence-corrected chi connectivity index (χ3v) is 4.62. The van der Waals surface area contributed by atoms with Crippen molar-refractivity contribution in [2.24, 2.45) is 0 Å². The highest BCUT2D eigenvalue weighted by molar-refractivity contribution is 6.65. The first kappa shape index (κ1) is 13.3. The van der Waals surface area contributed by atoms with Crippen molar-refractivity contribution in [3.8, 4) is 0 Å². The summed E-state index contributed by atoms with van der Waals surface area (Å²) in [4.78, 5) is 8.47. The molecule has 2 aliphatic rings. The normalized spacial score (nSPS) is 24.8. The first-order valence-corrected chi connectivity index (χ1v) is 7.05. The van der Waals surface area contributed by atoms with Crippen LogP contribution in [0.1, 0.15) is 52.1 Å². The van der Waals surface area contributed by atoms with Gasteiger partial charge in [0.25, 0.3) is 0 Å². The zero-order chi connectivity index (χ0) is 13.8. The molecule has 1 aromatic rings. The lowest BCUT2D eigenvalue weighted by Crippen LogP contribution is -2.41. The van der Waals surface area contributed by atoms with E-state index in [9.17, 15) is 0 Å². The second-order valence-electron chi connectivity index (χ2n) is 6.33. The van der Waals surface area contributed by atoms with Crippen molar-refractivity contribution >= 4 is 24.2 Å². The van der Waals surface area contributed by atoms with Crippen molar-refractivity contribution in [3.63, 3.8) is 0 Å². The average molecular weight is 281 g/mol. The van der Waals surface area contributed by atoms with E-state index in [2.05, 4.69) is 9.97 Å². The van der Waals surface area contributed by atoms with Gasteiger partial charge >= 0.3 is 7.12 Å². The molecule has 1 aromatic heterocycles. The van der Waals surface area contributed by atoms with Gasteiger partial charge < -0.3 is 9.31 Å². The molecule has 2 fully saturated rings. The van der Waals surface area contributed by atoms with Gasteiger partial charge in [-0.2, -0.15) is 0 Å². The van der Waals surface area contributed by atoms with Crippen molar-refractivity contribution < 1.29 is 9.31 Å². The lowest BCUT2D eigenvalue weighted by molar-refractivity contribution is 0.00578. The first-order chi connectivity index (χ1) is 8.82. The summed E-state index contributed by atoms with van der Waals surface area (Å²) in [6.07, 6.45) is 3.82. The number of hydrogen-bond donors (Lipinski definition) is 0. The Morgan fingerprint density at radius 1 is 1.16 bits per heavy atom. The molecule has 2 heterocycles. The zero-order valence-electron chi connectivity index (χ0n) is 11.7. The van der Waals surface area contributed by atoms with Crippen LogP contribution in [0, 0.1) is 0 Å². The van der Waals surface area contributed by atoms with Crippen molar-refractivity contribution in [3.05, 3.63) is 17.2 Å². The lowest BCUT2D eigenvalue weighted by atomic mass is 9.77. The van der Waals surface area contributed by atoms with E-state index in [1.54, 1.807) is 0 Å². The van der Waals surface area contributed by atoms with Crippen molar-refractivity contribution in [1.82, 2.24) is 9.97 Å². The minimum atomic E-state index is -0.478. The summed E-state index contributed by atoms with van der Waals surface area (Å²) in [6.45, 7) is 8.12. The predicted octanol–water partition coefficient (Wildman–Crippen LogP) is 2.31. The van der Waals surface area contributed by atoms with Gasteiger partial charge in [0.05, 0.1) is 11.2 Å². The van der Waals surface area contributed by atoms with E-state index in [1.165, 1.54) is 6.33 Å². The van der Waals surface area contributed by atoms with E-state index in [1.807, 2.05) is 27.7 Å². The molecule has 0 N–H and O–H groups in total. The molecule has 0 bridgehead atoms. The van der Waals surface area contributed by atoms with Gasteiger partial charge in [-0.3, -0.25) is 0 Å². The van der Waals surface area contributed by atoms with Crippen molar-refractivity contribution in [1.29, 1.82) is 0 Å². The van der Waals surface area contributed by atoms with Gasteiger partial charge in [0, 0.05) is 17.1 Å². The van der Waals surface area contributed by atoms with Crippen LogP contribution in [-0.2, 0) is 9.31 Å². The topological polar surface area (TPSA) is 44.2 Å². The van der Waals surface area contributed by atoms with Crippen LogP contribution in [0.2, 0.25) is 5.15 Å². The van der Waals surface area contributed by atoms with Crippen LogP contribution in [0.5, 0.6) is 0 Å². The summed E-state index contributed by atoms with van der Waals surface area (Å²) >= 11 is 6.26. The fraction of sp³-hybridized carbons (Fsp3) is 0.692. The smallest absolute Gasteiger partial charge is 0.399 e. The molecular formula is C13H18BClN2O2. The van der Waals surface area contributed by atoms with Gasteiger partial charge in [-0.1, -0.05) is 11.6 Å². The summed E-state index contributed by atoms with van der Waals surface area (Å²) in [5.41, 5.74) is 1.04. The van der Waals surface area contributed by atoms with E-state index in [-0.39, 0.29) is 11.2 Å². The average Bonchev–Trinajstić information content (AvgIpc) is 3.07. The van der Waals surface area contributed by atoms with E-state index in [0.717, 1.165) is 24.0 Å². The maximum atomic E-state index is 6.26. The highest BCUT2D eigenvalue weighted by atomic mass is 35.5. The Balaban J connectivity index is 2.00. The summed E-state index contributed by atoms with van der Waals surface area (Å²) in [6, 6.07) is 0. The Hall–Kier alpha value is -0.645. The Morgan fingerprint density at radius 3 is 2.26 bits per heavy atom. The van der Waals surface area contributed by atoms with Crippen LogP contribution < -0.4 is 5.46 Å². The van der Waals surface area contributed by atoms with Crippen LogP contribution >= 0.6 is 11.6 Å². The molecule has 0 unspecified atom stereocenters. The molecule has 1 saturated carbocycles. The van der Waals surface area contributed by atoms with Crippen LogP contribution in [0.25, 0.3) is 0 Å². The summed E-state index contributed by atoms with van der Waals surface area (Å²) in [5, 5.41) is 0.440. The number of rotatable bonds is 2. The largest absolute Gasteiger partial charge is 0.499 e. The minimum Gasteiger partial charge on any atom is -0.399 e. The van der Waals surface area contributed by atoms with Gasteiger partial charge in [-0.15, -0.1) is 0 Å². The van der Waals surface area contributed by atoms with Crippen molar-refractivity contribution in [2.75, 3.05) is 0 Å². The van der Waals surface area contributed by atoms with Crippen molar-refractivity contribution in [2.45, 2.75) is 57.7 Å². The van der Waals surface area contributed by atoms with Crippen LogP contribution in [0.3, 0.4) is 0 Å². The molecule has 1 aliphatic carbocycles. The summed E-state index contributed by atoms with van der Waals surface area (Å²) in [5.74, 6) is 0.481. The second kappa shape index (κ2) is 4.17. The van der Waals surface area contributed by atoms with Gasteiger partial charge in [0.2, 0.25) is 0 Å². The molecule has 0 atom stereocenters. The van der Waals surface area contributed by atoms with Gasteiger partial charge in [0.15, 0.2) is 0 Å². The molecule has 102 valence electrons. The Kier molecular flexibility index (Phi) is 2.93. The molecule has 1 aliphatic heterocycles. The van der Waals surface area contributed by atoms with Gasteiger partial charge in [-0.05, 0) is 40.5 Å². The molecule has 0 spiro atoms. The third kappa shape index (κ3) is 2.18. The maximum absolute atomic E-state index is 6.26. The maximum Gasteiger partial charge on any atom is 0.499 e. The zero-order valence-corrected chi connectivity index (χ0v) is 12.5. The molecular weight excluding hydrogens is 262 g/mol. The van der Waals surface area contributed by atoms with Gasteiger partial charge in [-0.25, -0.2) is 9.97 Å². The fourth-order valence-corrected chi connectivity index (χ4v) is 2.48. The molecule has 1 saturated heterocycles. The fourth-order valence-electron chi connectivity index (χ4n) is 2.25. The van der Waals surface area contributed by atoms with Crippen LogP contribution in [0.4, 0.5) is 0 Å². The molecule has 0 amide bonds. The first-order valence-electron chi connectivity index (χ1n) is 6.68. The highest BCUT2D eigenvalue weighted by Gasteiger charge is 2.53. The SMILES string of the molecule is CC1(C)OB(c2c(Cl)ncnc2C2CC2)OC1(C)C. The molecule has 3 rings (SSSR count).